The van der Waals surface area contributed by atoms with Gasteiger partial charge in [0.15, 0.2) is 0 Å². The lowest BCUT2D eigenvalue weighted by molar-refractivity contribution is -0.192. The first kappa shape index (κ1) is 14.8. The van der Waals surface area contributed by atoms with E-state index < -0.39 is 27.5 Å². The van der Waals surface area contributed by atoms with E-state index in [0.29, 0.717) is 0 Å². The maximum Gasteiger partial charge on any atom is 0.391 e. The van der Waals surface area contributed by atoms with Gasteiger partial charge in [-0.1, -0.05) is 0 Å². The van der Waals surface area contributed by atoms with Crippen molar-refractivity contribution in [3.8, 4) is 0 Å². The van der Waals surface area contributed by atoms with Crippen molar-refractivity contribution < 1.29 is 26.7 Å². The Balaban J connectivity index is 2.50. The van der Waals surface area contributed by atoms with Gasteiger partial charge in [-0.15, -0.1) is 0 Å². The van der Waals surface area contributed by atoms with Crippen molar-refractivity contribution in [2.45, 2.75) is 43.9 Å². The highest BCUT2D eigenvalue weighted by atomic mass is 32.2. The third kappa shape index (κ3) is 4.83. The third-order valence-electron chi connectivity index (χ3n) is 3.32. The Labute approximate surface area is 98.9 Å². The quantitative estimate of drug-likeness (QED) is 0.855. The third-order valence-corrected chi connectivity index (χ3v) is 4.26. The molecule has 0 atom stereocenters. The summed E-state index contributed by atoms with van der Waals surface area (Å²) >= 11 is 0. The van der Waals surface area contributed by atoms with Gasteiger partial charge in [-0.05, 0) is 32.1 Å². The van der Waals surface area contributed by atoms with Crippen LogP contribution in [0.4, 0.5) is 13.2 Å². The Morgan fingerprint density at radius 2 is 1.76 bits per heavy atom. The van der Waals surface area contributed by atoms with Gasteiger partial charge in [-0.3, -0.25) is 0 Å². The average Bonchev–Trinajstić information content (AvgIpc) is 2.13. The minimum atomic E-state index is -4.21. The number of hydrogen-bond donors (Lipinski definition) is 1. The SMILES string of the molecule is CS(=O)(=O)CCC1(O)CCC(C(F)(F)F)CC1. The van der Waals surface area contributed by atoms with Crippen molar-refractivity contribution in [3.63, 3.8) is 0 Å². The van der Waals surface area contributed by atoms with Crippen molar-refractivity contribution in [3.05, 3.63) is 0 Å². The zero-order chi connectivity index (χ0) is 13.3. The molecule has 1 fully saturated rings. The standard InChI is InChI=1S/C10H17F3O3S/c1-17(15,16)7-6-9(14)4-2-8(3-5-9)10(11,12)13/h8,14H,2-7H2,1H3. The van der Waals surface area contributed by atoms with Crippen molar-refractivity contribution in [2.24, 2.45) is 5.92 Å². The normalized spacial score (nSPS) is 31.5. The molecule has 1 aliphatic carbocycles. The Kier molecular flexibility index (Phi) is 4.13. The van der Waals surface area contributed by atoms with E-state index in [9.17, 15) is 26.7 Å². The molecule has 0 bridgehead atoms. The molecule has 1 rings (SSSR count). The van der Waals surface area contributed by atoms with Gasteiger partial charge in [0.05, 0.1) is 17.3 Å². The summed E-state index contributed by atoms with van der Waals surface area (Å²) in [6, 6.07) is 0. The van der Waals surface area contributed by atoms with Crippen molar-refractivity contribution in [1.82, 2.24) is 0 Å². The number of rotatable bonds is 3. The fraction of sp³-hybridized carbons (Fsp3) is 1.00. The molecule has 1 saturated carbocycles. The van der Waals surface area contributed by atoms with E-state index in [1.807, 2.05) is 0 Å². The summed E-state index contributed by atoms with van der Waals surface area (Å²) in [7, 11) is -3.19. The molecule has 17 heavy (non-hydrogen) atoms. The van der Waals surface area contributed by atoms with Gasteiger partial charge in [0.1, 0.15) is 9.84 Å². The van der Waals surface area contributed by atoms with Crippen molar-refractivity contribution >= 4 is 9.84 Å². The van der Waals surface area contributed by atoms with Gasteiger partial charge < -0.3 is 5.11 Å². The van der Waals surface area contributed by atoms with E-state index >= 15 is 0 Å². The lowest BCUT2D eigenvalue weighted by Crippen LogP contribution is -2.39. The molecule has 1 aliphatic rings. The molecule has 0 amide bonds. The first-order valence-corrected chi connectivity index (χ1v) is 7.55. The van der Waals surface area contributed by atoms with Gasteiger partial charge in [-0.2, -0.15) is 13.2 Å². The second-order valence-electron chi connectivity index (χ2n) is 4.92. The lowest BCUT2D eigenvalue weighted by atomic mass is 9.77. The van der Waals surface area contributed by atoms with Crippen molar-refractivity contribution in [2.75, 3.05) is 12.0 Å². The molecular weight excluding hydrogens is 257 g/mol. The first-order chi connectivity index (χ1) is 7.52. The van der Waals surface area contributed by atoms with E-state index in [-0.39, 0.29) is 37.9 Å². The predicted molar refractivity (Wildman–Crippen MR) is 57.3 cm³/mol. The highest BCUT2D eigenvalue weighted by molar-refractivity contribution is 7.90. The summed E-state index contributed by atoms with van der Waals surface area (Å²) < 4.78 is 59.1. The number of alkyl halides is 3. The Morgan fingerprint density at radius 3 is 2.12 bits per heavy atom. The largest absolute Gasteiger partial charge is 0.391 e. The van der Waals surface area contributed by atoms with Crippen molar-refractivity contribution in [1.29, 1.82) is 0 Å². The summed E-state index contributed by atoms with van der Waals surface area (Å²) in [5, 5.41) is 9.99. The number of aliphatic hydroxyl groups is 1. The van der Waals surface area contributed by atoms with E-state index in [4.69, 9.17) is 0 Å². The van der Waals surface area contributed by atoms with Crippen LogP contribution in [0.5, 0.6) is 0 Å². The van der Waals surface area contributed by atoms with Crippen LogP contribution < -0.4 is 0 Å². The van der Waals surface area contributed by atoms with Gasteiger partial charge in [0, 0.05) is 6.26 Å². The molecule has 1 N–H and O–H groups in total. The van der Waals surface area contributed by atoms with Crippen LogP contribution in [0.1, 0.15) is 32.1 Å². The molecule has 0 radical (unpaired) electrons. The summed E-state index contributed by atoms with van der Waals surface area (Å²) in [4.78, 5) is 0. The second-order valence-corrected chi connectivity index (χ2v) is 7.18. The molecule has 0 unspecified atom stereocenters. The van der Waals surface area contributed by atoms with Crippen LogP contribution in [-0.4, -0.2) is 37.3 Å². The Bertz CT molecular complexity index is 353. The highest BCUT2D eigenvalue weighted by Gasteiger charge is 2.45. The average molecular weight is 274 g/mol. The molecule has 7 heteroatoms. The number of sulfone groups is 1. The molecule has 0 aliphatic heterocycles. The van der Waals surface area contributed by atoms with Crippen LogP contribution in [-0.2, 0) is 9.84 Å². The smallest absolute Gasteiger partial charge is 0.390 e. The van der Waals surface area contributed by atoms with Crippen LogP contribution >= 0.6 is 0 Å². The van der Waals surface area contributed by atoms with Crippen LogP contribution in [0.25, 0.3) is 0 Å². The fourth-order valence-electron chi connectivity index (χ4n) is 2.11. The second kappa shape index (κ2) is 4.76. The fourth-order valence-corrected chi connectivity index (χ4v) is 2.86. The summed E-state index contributed by atoms with van der Waals surface area (Å²) in [6.07, 6.45) is -3.33. The zero-order valence-electron chi connectivity index (χ0n) is 9.63. The minimum Gasteiger partial charge on any atom is -0.390 e. The molecule has 0 heterocycles. The molecule has 0 aromatic carbocycles. The summed E-state index contributed by atoms with van der Waals surface area (Å²) in [5.41, 5.74) is -1.25. The van der Waals surface area contributed by atoms with Gasteiger partial charge >= 0.3 is 6.18 Å². The monoisotopic (exact) mass is 274 g/mol. The summed E-state index contributed by atoms with van der Waals surface area (Å²) in [6.45, 7) is 0. The molecule has 0 aromatic rings. The van der Waals surface area contributed by atoms with Crippen LogP contribution in [0, 0.1) is 5.92 Å². The molecule has 0 aromatic heterocycles. The van der Waals surface area contributed by atoms with Crippen LogP contribution in [0.15, 0.2) is 0 Å². The van der Waals surface area contributed by atoms with Gasteiger partial charge in [-0.25, -0.2) is 8.42 Å². The van der Waals surface area contributed by atoms with E-state index in [0.717, 1.165) is 6.26 Å². The predicted octanol–water partition coefficient (Wildman–Crippen LogP) is 1.90. The topological polar surface area (TPSA) is 54.4 Å². The zero-order valence-corrected chi connectivity index (χ0v) is 10.4. The van der Waals surface area contributed by atoms with E-state index in [1.54, 1.807) is 0 Å². The highest BCUT2D eigenvalue weighted by Crippen LogP contribution is 2.42. The van der Waals surface area contributed by atoms with Crippen LogP contribution in [0.2, 0.25) is 0 Å². The first-order valence-electron chi connectivity index (χ1n) is 5.49. The molecule has 3 nitrogen and oxygen atoms in total. The number of halogens is 3. The molecule has 0 spiro atoms. The summed E-state index contributed by atoms with van der Waals surface area (Å²) in [5.74, 6) is -1.54. The maximum absolute atomic E-state index is 12.4. The Hall–Kier alpha value is -0.300. The maximum atomic E-state index is 12.4. The number of hydrogen-bond acceptors (Lipinski definition) is 3. The molecule has 0 saturated heterocycles. The van der Waals surface area contributed by atoms with E-state index in [2.05, 4.69) is 0 Å². The molecule has 102 valence electrons. The van der Waals surface area contributed by atoms with E-state index in [1.165, 1.54) is 0 Å². The lowest BCUT2D eigenvalue weighted by Gasteiger charge is -2.36. The minimum absolute atomic E-state index is 0.0205. The van der Waals surface area contributed by atoms with Crippen LogP contribution in [0.3, 0.4) is 0 Å². The molecular formula is C10H17F3O3S. The van der Waals surface area contributed by atoms with Gasteiger partial charge in [0.25, 0.3) is 0 Å². The van der Waals surface area contributed by atoms with Gasteiger partial charge in [0.2, 0.25) is 0 Å². The Morgan fingerprint density at radius 1 is 1.29 bits per heavy atom.